The molecule has 1 heterocycles. The van der Waals surface area contributed by atoms with Crippen molar-refractivity contribution in [2.45, 2.75) is 26.3 Å². The minimum atomic E-state index is 0.0190. The molecule has 5 nitrogen and oxygen atoms in total. The van der Waals surface area contributed by atoms with E-state index in [2.05, 4.69) is 29.7 Å². The third-order valence-corrected chi connectivity index (χ3v) is 5.77. The zero-order chi connectivity index (χ0) is 23.9. The molecular formula is C29H27N3O2. The van der Waals surface area contributed by atoms with Crippen LogP contribution < -0.4 is 4.74 Å². The Morgan fingerprint density at radius 1 is 0.971 bits per heavy atom. The molecule has 0 saturated carbocycles. The standard InChI is InChI=1S/C29H27N3O2/c1-3-4-18-32-27(22-14-9-6-10-15-22)26(21-12-7-5-8-13-21)24(19-30)29(32)31-20-23-16-11-17-25(34-2)28(23)33/h5-17,20,33H,3-4,18H2,1-2H3/b31-20+. The van der Waals surface area contributed by atoms with E-state index in [-0.39, 0.29) is 5.75 Å². The van der Waals surface area contributed by atoms with Crippen LogP contribution in [-0.2, 0) is 6.54 Å². The van der Waals surface area contributed by atoms with Crippen LogP contribution in [0, 0.1) is 11.3 Å². The highest BCUT2D eigenvalue weighted by Crippen LogP contribution is 2.43. The number of phenols is 1. The highest BCUT2D eigenvalue weighted by atomic mass is 16.5. The summed E-state index contributed by atoms with van der Waals surface area (Å²) in [5, 5.41) is 20.8. The molecule has 170 valence electrons. The van der Waals surface area contributed by atoms with Gasteiger partial charge in [0.25, 0.3) is 0 Å². The van der Waals surface area contributed by atoms with Crippen LogP contribution in [0.3, 0.4) is 0 Å². The molecule has 3 aromatic carbocycles. The molecule has 5 heteroatoms. The normalized spacial score (nSPS) is 11.0. The van der Waals surface area contributed by atoms with Gasteiger partial charge in [-0.25, -0.2) is 4.99 Å². The Bertz CT molecular complexity index is 1330. The van der Waals surface area contributed by atoms with Crippen molar-refractivity contribution in [1.29, 1.82) is 5.26 Å². The number of aromatic hydroxyl groups is 1. The summed E-state index contributed by atoms with van der Waals surface area (Å²) in [4.78, 5) is 4.77. The first-order valence-corrected chi connectivity index (χ1v) is 11.4. The average molecular weight is 450 g/mol. The summed E-state index contributed by atoms with van der Waals surface area (Å²) < 4.78 is 7.36. The zero-order valence-corrected chi connectivity index (χ0v) is 19.4. The summed E-state index contributed by atoms with van der Waals surface area (Å²) in [6.45, 7) is 2.87. The number of unbranched alkanes of at least 4 members (excludes halogenated alkanes) is 1. The zero-order valence-electron chi connectivity index (χ0n) is 19.4. The third-order valence-electron chi connectivity index (χ3n) is 5.77. The van der Waals surface area contributed by atoms with Gasteiger partial charge in [-0.3, -0.25) is 0 Å². The van der Waals surface area contributed by atoms with Crippen molar-refractivity contribution in [3.8, 4) is 40.0 Å². The highest BCUT2D eigenvalue weighted by Gasteiger charge is 2.24. The SMILES string of the molecule is CCCCn1c(/N=C/c2cccc(OC)c2O)c(C#N)c(-c2ccccc2)c1-c1ccccc1. The summed E-state index contributed by atoms with van der Waals surface area (Å²) in [6.07, 6.45) is 3.55. The van der Waals surface area contributed by atoms with E-state index in [4.69, 9.17) is 9.73 Å². The predicted molar refractivity (Wildman–Crippen MR) is 137 cm³/mol. The number of benzene rings is 3. The van der Waals surface area contributed by atoms with Crippen molar-refractivity contribution in [1.82, 2.24) is 4.57 Å². The number of methoxy groups -OCH3 is 1. The number of ether oxygens (including phenoxy) is 1. The summed E-state index contributed by atoms with van der Waals surface area (Å²) in [5.41, 5.74) is 4.87. The molecule has 0 radical (unpaired) electrons. The van der Waals surface area contributed by atoms with Crippen LogP contribution >= 0.6 is 0 Å². The van der Waals surface area contributed by atoms with E-state index in [1.54, 1.807) is 24.4 Å². The summed E-state index contributed by atoms with van der Waals surface area (Å²) >= 11 is 0. The van der Waals surface area contributed by atoms with E-state index >= 15 is 0 Å². The summed E-state index contributed by atoms with van der Waals surface area (Å²) in [5.74, 6) is 0.974. The Morgan fingerprint density at radius 2 is 1.65 bits per heavy atom. The van der Waals surface area contributed by atoms with Gasteiger partial charge in [0.15, 0.2) is 17.3 Å². The maximum Gasteiger partial charge on any atom is 0.166 e. The van der Waals surface area contributed by atoms with Crippen LogP contribution in [0.2, 0.25) is 0 Å². The van der Waals surface area contributed by atoms with Gasteiger partial charge in [0, 0.05) is 23.9 Å². The Kier molecular flexibility index (Phi) is 7.10. The third kappa shape index (κ3) is 4.44. The second-order valence-corrected chi connectivity index (χ2v) is 7.93. The number of nitrogens with zero attached hydrogens (tertiary/aromatic N) is 3. The van der Waals surface area contributed by atoms with Gasteiger partial charge in [-0.05, 0) is 29.7 Å². The number of rotatable bonds is 8. The van der Waals surface area contributed by atoms with E-state index in [0.29, 0.717) is 22.7 Å². The van der Waals surface area contributed by atoms with Crippen LogP contribution in [0.1, 0.15) is 30.9 Å². The smallest absolute Gasteiger partial charge is 0.166 e. The van der Waals surface area contributed by atoms with E-state index in [1.807, 2.05) is 48.5 Å². The number of aromatic nitrogens is 1. The molecule has 0 unspecified atom stereocenters. The van der Waals surface area contributed by atoms with Crippen molar-refractivity contribution in [3.05, 3.63) is 90.0 Å². The number of hydrogen-bond acceptors (Lipinski definition) is 4. The molecule has 0 aliphatic carbocycles. The minimum absolute atomic E-state index is 0.0190. The fraction of sp³-hybridized carbons (Fsp3) is 0.172. The molecule has 0 fully saturated rings. The molecule has 1 N–H and O–H groups in total. The fourth-order valence-electron chi connectivity index (χ4n) is 4.10. The molecule has 0 amide bonds. The van der Waals surface area contributed by atoms with E-state index < -0.39 is 0 Å². The quantitative estimate of drug-likeness (QED) is 0.296. The lowest BCUT2D eigenvalue weighted by atomic mass is 9.98. The molecule has 0 spiro atoms. The summed E-state index contributed by atoms with van der Waals surface area (Å²) in [7, 11) is 1.51. The molecule has 0 aliphatic rings. The van der Waals surface area contributed by atoms with Gasteiger partial charge in [-0.1, -0.05) is 80.1 Å². The minimum Gasteiger partial charge on any atom is -0.504 e. The maximum absolute atomic E-state index is 10.5. The monoisotopic (exact) mass is 449 g/mol. The number of aliphatic imine (C=N–C) groups is 1. The lowest BCUT2D eigenvalue weighted by Crippen LogP contribution is -2.01. The number of para-hydroxylation sites is 1. The first-order chi connectivity index (χ1) is 16.7. The Labute approximate surface area is 200 Å². The molecule has 0 aliphatic heterocycles. The van der Waals surface area contributed by atoms with Crippen molar-refractivity contribution in [3.63, 3.8) is 0 Å². The van der Waals surface area contributed by atoms with Crippen LogP contribution in [0.25, 0.3) is 22.4 Å². The van der Waals surface area contributed by atoms with Crippen LogP contribution in [-0.4, -0.2) is 23.0 Å². The van der Waals surface area contributed by atoms with Gasteiger partial charge in [-0.2, -0.15) is 5.26 Å². The molecule has 34 heavy (non-hydrogen) atoms. The molecule has 4 aromatic rings. The number of hydrogen-bond donors (Lipinski definition) is 1. The van der Waals surface area contributed by atoms with Gasteiger partial charge >= 0.3 is 0 Å². The molecule has 0 bridgehead atoms. The highest BCUT2D eigenvalue weighted by molar-refractivity contribution is 5.93. The van der Waals surface area contributed by atoms with Crippen molar-refractivity contribution < 1.29 is 9.84 Å². The number of phenolic OH excluding ortho intramolecular Hbond substituents is 1. The van der Waals surface area contributed by atoms with Crippen LogP contribution in [0.5, 0.6) is 11.5 Å². The van der Waals surface area contributed by atoms with Gasteiger partial charge in [0.1, 0.15) is 11.6 Å². The van der Waals surface area contributed by atoms with Gasteiger partial charge in [-0.15, -0.1) is 0 Å². The summed E-state index contributed by atoms with van der Waals surface area (Å²) in [6, 6.07) is 27.8. The van der Waals surface area contributed by atoms with Crippen LogP contribution in [0.4, 0.5) is 5.82 Å². The van der Waals surface area contributed by atoms with E-state index in [9.17, 15) is 10.4 Å². The van der Waals surface area contributed by atoms with E-state index in [0.717, 1.165) is 41.8 Å². The van der Waals surface area contributed by atoms with Crippen molar-refractivity contribution >= 4 is 12.0 Å². The maximum atomic E-state index is 10.5. The largest absolute Gasteiger partial charge is 0.504 e. The average Bonchev–Trinajstić information content (AvgIpc) is 3.20. The number of nitriles is 1. The topological polar surface area (TPSA) is 70.5 Å². The second kappa shape index (κ2) is 10.5. The first kappa shape index (κ1) is 22.9. The Hall–Kier alpha value is -4.30. The Morgan fingerprint density at radius 3 is 2.26 bits per heavy atom. The van der Waals surface area contributed by atoms with Gasteiger partial charge in [0.2, 0.25) is 0 Å². The molecule has 0 atom stereocenters. The predicted octanol–water partition coefficient (Wildman–Crippen LogP) is 6.96. The molecular weight excluding hydrogens is 422 g/mol. The molecule has 0 saturated heterocycles. The van der Waals surface area contributed by atoms with E-state index in [1.165, 1.54) is 7.11 Å². The van der Waals surface area contributed by atoms with Crippen molar-refractivity contribution in [2.75, 3.05) is 7.11 Å². The lowest BCUT2D eigenvalue weighted by Gasteiger charge is -2.13. The second-order valence-electron chi connectivity index (χ2n) is 7.93. The van der Waals surface area contributed by atoms with Crippen molar-refractivity contribution in [2.24, 2.45) is 4.99 Å². The fourth-order valence-corrected chi connectivity index (χ4v) is 4.10. The van der Waals surface area contributed by atoms with Crippen LogP contribution in [0.15, 0.2) is 83.9 Å². The lowest BCUT2D eigenvalue weighted by molar-refractivity contribution is 0.373. The molecule has 4 rings (SSSR count). The molecule has 1 aromatic heterocycles. The first-order valence-electron chi connectivity index (χ1n) is 11.4. The van der Waals surface area contributed by atoms with Gasteiger partial charge in [0.05, 0.1) is 12.8 Å². The van der Waals surface area contributed by atoms with Gasteiger partial charge < -0.3 is 14.4 Å². The Balaban J connectivity index is 1.99.